The van der Waals surface area contributed by atoms with E-state index in [1.165, 1.54) is 11.4 Å². The fourth-order valence-electron chi connectivity index (χ4n) is 0.936. The summed E-state index contributed by atoms with van der Waals surface area (Å²) in [5.41, 5.74) is 2.61. The average Bonchev–Trinajstić information content (AvgIpc) is 2.07. The molecule has 0 saturated heterocycles. The Morgan fingerprint density at radius 1 is 1.00 bits per heavy atom. The molecule has 0 bridgehead atoms. The van der Waals surface area contributed by atoms with Gasteiger partial charge < -0.3 is 5.32 Å². The van der Waals surface area contributed by atoms with Gasteiger partial charge in [-0.05, 0) is 26.7 Å². The summed E-state index contributed by atoms with van der Waals surface area (Å²) in [7, 11) is 0. The van der Waals surface area contributed by atoms with Crippen molar-refractivity contribution in [3.8, 4) is 0 Å². The zero-order chi connectivity index (χ0) is 8.69. The monoisotopic (exact) mass is 153 g/mol. The van der Waals surface area contributed by atoms with Gasteiger partial charge in [-0.15, -0.1) is 0 Å². The maximum Gasteiger partial charge on any atom is 0.0102 e. The molecule has 0 saturated carbocycles. The lowest BCUT2D eigenvalue weighted by Gasteiger charge is -2.10. The first kappa shape index (κ1) is 10.3. The highest BCUT2D eigenvalue weighted by molar-refractivity contribution is 5.09. The summed E-state index contributed by atoms with van der Waals surface area (Å²) >= 11 is 0. The van der Waals surface area contributed by atoms with Crippen LogP contribution < -0.4 is 5.32 Å². The fraction of sp³-hybridized carbons (Fsp3) is 0.600. The molecule has 0 heterocycles. The van der Waals surface area contributed by atoms with Gasteiger partial charge in [0.15, 0.2) is 0 Å². The van der Waals surface area contributed by atoms with E-state index in [1.54, 1.807) is 0 Å². The minimum atomic E-state index is 1.08. The Labute approximate surface area is 70.2 Å². The molecule has 0 aromatic rings. The van der Waals surface area contributed by atoms with Crippen LogP contribution >= 0.6 is 0 Å². The normalized spacial score (nSPS) is 13.5. The zero-order valence-corrected chi connectivity index (χ0v) is 8.07. The third kappa shape index (κ3) is 3.87. The molecule has 0 atom stereocenters. The molecule has 0 unspecified atom stereocenters. The highest BCUT2D eigenvalue weighted by atomic mass is 14.9. The van der Waals surface area contributed by atoms with Crippen molar-refractivity contribution in [2.24, 2.45) is 0 Å². The highest BCUT2D eigenvalue weighted by Crippen LogP contribution is 2.02. The van der Waals surface area contributed by atoms with E-state index in [0.29, 0.717) is 0 Å². The molecular formula is C10H19N. The van der Waals surface area contributed by atoms with Gasteiger partial charge >= 0.3 is 0 Å². The molecule has 11 heavy (non-hydrogen) atoms. The van der Waals surface area contributed by atoms with Gasteiger partial charge in [0.25, 0.3) is 0 Å². The summed E-state index contributed by atoms with van der Waals surface area (Å²) in [4.78, 5) is 0. The lowest BCUT2D eigenvalue weighted by Crippen LogP contribution is -2.11. The molecule has 0 radical (unpaired) electrons. The van der Waals surface area contributed by atoms with E-state index >= 15 is 0 Å². The molecule has 1 nitrogen and oxygen atoms in total. The molecule has 0 aliphatic heterocycles. The summed E-state index contributed by atoms with van der Waals surface area (Å²) in [5, 5.41) is 3.38. The standard InChI is InChI=1S/C10H19N/c1-5-9(6-2)11-10(7-3)8-4/h5,7,11H,6,8H2,1-4H3/b9-5-,10-7-. The molecule has 0 aromatic heterocycles. The number of allylic oxidation sites excluding steroid dienone is 4. The van der Waals surface area contributed by atoms with Crippen molar-refractivity contribution in [3.05, 3.63) is 23.5 Å². The first-order valence-electron chi connectivity index (χ1n) is 4.35. The predicted molar refractivity (Wildman–Crippen MR) is 51.2 cm³/mol. The molecule has 0 amide bonds. The maximum atomic E-state index is 3.38. The van der Waals surface area contributed by atoms with Crippen LogP contribution in [0, 0.1) is 0 Å². The summed E-state index contributed by atoms with van der Waals surface area (Å²) in [6, 6.07) is 0. The molecule has 1 heteroatoms. The second-order valence-electron chi connectivity index (χ2n) is 2.46. The minimum absolute atomic E-state index is 1.08. The van der Waals surface area contributed by atoms with Gasteiger partial charge in [-0.1, -0.05) is 26.0 Å². The fourth-order valence-corrected chi connectivity index (χ4v) is 0.936. The van der Waals surface area contributed by atoms with Gasteiger partial charge in [0.05, 0.1) is 0 Å². The van der Waals surface area contributed by atoms with Gasteiger partial charge in [0, 0.05) is 11.4 Å². The Kier molecular flexibility index (Phi) is 5.63. The highest BCUT2D eigenvalue weighted by Gasteiger charge is 1.93. The van der Waals surface area contributed by atoms with Crippen LogP contribution in [0.25, 0.3) is 0 Å². The molecule has 0 aromatic carbocycles. The third-order valence-corrected chi connectivity index (χ3v) is 1.78. The lowest BCUT2D eigenvalue weighted by atomic mass is 10.2. The van der Waals surface area contributed by atoms with E-state index < -0.39 is 0 Å². The van der Waals surface area contributed by atoms with Crippen LogP contribution in [0.4, 0.5) is 0 Å². The van der Waals surface area contributed by atoms with E-state index in [1.807, 2.05) is 0 Å². The molecule has 0 aliphatic rings. The second-order valence-corrected chi connectivity index (χ2v) is 2.46. The van der Waals surface area contributed by atoms with E-state index in [2.05, 4.69) is 45.2 Å². The predicted octanol–water partition coefficient (Wildman–Crippen LogP) is 3.20. The van der Waals surface area contributed by atoms with E-state index in [4.69, 9.17) is 0 Å². The Hall–Kier alpha value is -0.720. The number of hydrogen-bond acceptors (Lipinski definition) is 1. The van der Waals surface area contributed by atoms with Crippen LogP contribution in [0.5, 0.6) is 0 Å². The van der Waals surface area contributed by atoms with Gasteiger partial charge in [-0.3, -0.25) is 0 Å². The van der Waals surface area contributed by atoms with E-state index in [-0.39, 0.29) is 0 Å². The van der Waals surface area contributed by atoms with Crippen LogP contribution in [-0.4, -0.2) is 0 Å². The van der Waals surface area contributed by atoms with Crippen molar-refractivity contribution >= 4 is 0 Å². The first-order valence-corrected chi connectivity index (χ1v) is 4.35. The summed E-state index contributed by atoms with van der Waals surface area (Å²) in [5.74, 6) is 0. The Bertz CT molecular complexity index is 136. The molecule has 0 fully saturated rings. The second kappa shape index (κ2) is 6.02. The van der Waals surface area contributed by atoms with Crippen molar-refractivity contribution < 1.29 is 0 Å². The quantitative estimate of drug-likeness (QED) is 0.654. The SMILES string of the molecule is C/C=C(/CC)N/C(=C\C)CC. The van der Waals surface area contributed by atoms with E-state index in [0.717, 1.165) is 12.8 Å². The molecular weight excluding hydrogens is 134 g/mol. The zero-order valence-electron chi connectivity index (χ0n) is 8.07. The van der Waals surface area contributed by atoms with Crippen LogP contribution in [0.1, 0.15) is 40.5 Å². The topological polar surface area (TPSA) is 12.0 Å². The number of nitrogens with one attached hydrogen (secondary N) is 1. The maximum absolute atomic E-state index is 3.38. The Balaban J connectivity index is 4.00. The number of rotatable bonds is 4. The van der Waals surface area contributed by atoms with Crippen molar-refractivity contribution in [1.82, 2.24) is 5.32 Å². The van der Waals surface area contributed by atoms with Crippen molar-refractivity contribution in [2.75, 3.05) is 0 Å². The summed E-state index contributed by atoms with van der Waals surface area (Å²) < 4.78 is 0. The van der Waals surface area contributed by atoms with Crippen LogP contribution in [0.3, 0.4) is 0 Å². The minimum Gasteiger partial charge on any atom is -0.363 e. The Morgan fingerprint density at radius 2 is 1.36 bits per heavy atom. The lowest BCUT2D eigenvalue weighted by molar-refractivity contribution is 0.838. The third-order valence-electron chi connectivity index (χ3n) is 1.78. The number of hydrogen-bond donors (Lipinski definition) is 1. The largest absolute Gasteiger partial charge is 0.363 e. The average molecular weight is 153 g/mol. The molecule has 0 spiro atoms. The molecule has 0 rings (SSSR count). The first-order chi connectivity index (χ1) is 5.28. The van der Waals surface area contributed by atoms with Crippen LogP contribution in [0.15, 0.2) is 23.5 Å². The van der Waals surface area contributed by atoms with Gasteiger partial charge in [0.2, 0.25) is 0 Å². The Morgan fingerprint density at radius 3 is 1.55 bits per heavy atom. The summed E-state index contributed by atoms with van der Waals surface area (Å²) in [6.07, 6.45) is 6.40. The van der Waals surface area contributed by atoms with Crippen LogP contribution in [-0.2, 0) is 0 Å². The van der Waals surface area contributed by atoms with Crippen molar-refractivity contribution in [1.29, 1.82) is 0 Å². The summed E-state index contributed by atoms with van der Waals surface area (Å²) in [6.45, 7) is 8.44. The molecule has 0 aliphatic carbocycles. The van der Waals surface area contributed by atoms with Gasteiger partial charge in [0.1, 0.15) is 0 Å². The smallest absolute Gasteiger partial charge is 0.0102 e. The molecule has 64 valence electrons. The van der Waals surface area contributed by atoms with E-state index in [9.17, 15) is 0 Å². The van der Waals surface area contributed by atoms with Crippen molar-refractivity contribution in [2.45, 2.75) is 40.5 Å². The van der Waals surface area contributed by atoms with Gasteiger partial charge in [-0.25, -0.2) is 0 Å². The van der Waals surface area contributed by atoms with Crippen LogP contribution in [0.2, 0.25) is 0 Å². The van der Waals surface area contributed by atoms with Gasteiger partial charge in [-0.2, -0.15) is 0 Å². The van der Waals surface area contributed by atoms with Crippen molar-refractivity contribution in [3.63, 3.8) is 0 Å². The molecule has 1 N–H and O–H groups in total.